The van der Waals surface area contributed by atoms with E-state index in [2.05, 4.69) is 17.1 Å². The minimum atomic E-state index is -0.172. The molecule has 0 aliphatic carbocycles. The second-order valence-corrected chi connectivity index (χ2v) is 4.82. The van der Waals surface area contributed by atoms with Crippen molar-refractivity contribution in [1.29, 1.82) is 0 Å². The summed E-state index contributed by atoms with van der Waals surface area (Å²) in [4.78, 5) is 4.34. The molecule has 16 heavy (non-hydrogen) atoms. The van der Waals surface area contributed by atoms with E-state index >= 15 is 0 Å². The van der Waals surface area contributed by atoms with Gasteiger partial charge in [-0.25, -0.2) is 0 Å². The molecule has 90 valence electrons. The first-order chi connectivity index (χ1) is 7.59. The van der Waals surface area contributed by atoms with E-state index in [4.69, 9.17) is 15.0 Å². The van der Waals surface area contributed by atoms with Gasteiger partial charge in [0.25, 0.3) is 5.89 Å². The van der Waals surface area contributed by atoms with Crippen LogP contribution in [0.4, 0.5) is 0 Å². The van der Waals surface area contributed by atoms with Gasteiger partial charge in [0.15, 0.2) is 5.82 Å². The Morgan fingerprint density at radius 3 is 2.75 bits per heavy atom. The highest BCUT2D eigenvalue weighted by Crippen LogP contribution is 2.33. The van der Waals surface area contributed by atoms with Gasteiger partial charge < -0.3 is 15.0 Å². The Bertz CT molecular complexity index is 351. The second-order valence-electron chi connectivity index (χ2n) is 4.82. The topological polar surface area (TPSA) is 74.2 Å². The summed E-state index contributed by atoms with van der Waals surface area (Å²) in [6, 6.07) is -0.172. The molecule has 1 fully saturated rings. The summed E-state index contributed by atoms with van der Waals surface area (Å²) in [6.07, 6.45) is 0.985. The zero-order valence-electron chi connectivity index (χ0n) is 10.0. The largest absolute Gasteiger partial charge is 0.368 e. The van der Waals surface area contributed by atoms with Crippen molar-refractivity contribution < 1.29 is 9.26 Å². The molecular formula is C11H19N3O2. The van der Waals surface area contributed by atoms with Crippen LogP contribution in [0.2, 0.25) is 0 Å². The first-order valence-corrected chi connectivity index (χ1v) is 5.80. The van der Waals surface area contributed by atoms with Gasteiger partial charge >= 0.3 is 0 Å². The minimum absolute atomic E-state index is 0.0550. The third-order valence-corrected chi connectivity index (χ3v) is 3.10. The first-order valence-electron chi connectivity index (χ1n) is 5.80. The monoisotopic (exact) mass is 225 g/mol. The normalized spacial score (nSPS) is 27.6. The summed E-state index contributed by atoms with van der Waals surface area (Å²) >= 11 is 0. The van der Waals surface area contributed by atoms with Crippen LogP contribution in [-0.2, 0) is 4.74 Å². The summed E-state index contributed by atoms with van der Waals surface area (Å²) in [6.45, 7) is 6.97. The van der Waals surface area contributed by atoms with Gasteiger partial charge in [0.05, 0.1) is 6.04 Å². The Morgan fingerprint density at radius 2 is 2.19 bits per heavy atom. The maximum absolute atomic E-state index is 5.96. The van der Waals surface area contributed by atoms with E-state index in [9.17, 15) is 0 Å². The van der Waals surface area contributed by atoms with Crippen LogP contribution in [0.25, 0.3) is 0 Å². The fourth-order valence-electron chi connectivity index (χ4n) is 1.81. The van der Waals surface area contributed by atoms with Gasteiger partial charge in [-0.3, -0.25) is 0 Å². The van der Waals surface area contributed by atoms with E-state index in [1.807, 2.05) is 13.8 Å². The molecule has 1 aliphatic rings. The first kappa shape index (κ1) is 11.5. The van der Waals surface area contributed by atoms with E-state index < -0.39 is 0 Å². The molecule has 1 aromatic rings. The molecule has 2 N–H and O–H groups in total. The molecule has 2 rings (SSSR count). The van der Waals surface area contributed by atoms with Crippen molar-refractivity contribution in [2.45, 2.75) is 39.3 Å². The van der Waals surface area contributed by atoms with Crippen molar-refractivity contribution in [3.8, 4) is 0 Å². The van der Waals surface area contributed by atoms with Crippen LogP contribution in [0.15, 0.2) is 4.52 Å². The highest BCUT2D eigenvalue weighted by Gasteiger charge is 2.31. The number of hydrogen-bond acceptors (Lipinski definition) is 5. The molecule has 0 radical (unpaired) electrons. The van der Waals surface area contributed by atoms with E-state index in [-0.39, 0.29) is 12.1 Å². The Morgan fingerprint density at radius 1 is 1.44 bits per heavy atom. The van der Waals surface area contributed by atoms with Gasteiger partial charge in [-0.15, -0.1) is 0 Å². The lowest BCUT2D eigenvalue weighted by Gasteiger charge is -2.10. The lowest BCUT2D eigenvalue weighted by molar-refractivity contribution is 0.0661. The Balaban J connectivity index is 2.13. The fraction of sp³-hybridized carbons (Fsp3) is 0.818. The van der Waals surface area contributed by atoms with E-state index in [0.717, 1.165) is 13.0 Å². The molecule has 1 aliphatic heterocycles. The highest BCUT2D eigenvalue weighted by atomic mass is 16.5. The van der Waals surface area contributed by atoms with Crippen LogP contribution in [0.3, 0.4) is 0 Å². The number of nitrogens with zero attached hydrogens (tertiary/aromatic N) is 2. The predicted octanol–water partition coefficient (Wildman–Crippen LogP) is 1.82. The molecular weight excluding hydrogens is 206 g/mol. The third kappa shape index (κ3) is 2.10. The van der Waals surface area contributed by atoms with Crippen molar-refractivity contribution in [3.63, 3.8) is 0 Å². The average molecular weight is 225 g/mol. The maximum atomic E-state index is 5.96. The van der Waals surface area contributed by atoms with E-state index in [1.54, 1.807) is 0 Å². The lowest BCUT2D eigenvalue weighted by Crippen LogP contribution is -2.18. The number of aromatic nitrogens is 2. The Labute approximate surface area is 95.3 Å². The van der Waals surface area contributed by atoms with Gasteiger partial charge in [-0.2, -0.15) is 4.98 Å². The molecule has 3 atom stereocenters. The van der Waals surface area contributed by atoms with Crippen LogP contribution in [0.5, 0.6) is 0 Å². The molecule has 1 saturated heterocycles. The highest BCUT2D eigenvalue weighted by molar-refractivity contribution is 4.98. The van der Waals surface area contributed by atoms with Gasteiger partial charge in [0.1, 0.15) is 6.10 Å². The van der Waals surface area contributed by atoms with Crippen LogP contribution in [-0.4, -0.2) is 16.7 Å². The molecule has 0 aromatic carbocycles. The van der Waals surface area contributed by atoms with Gasteiger partial charge in [0, 0.05) is 6.61 Å². The SMILES string of the molecule is CC(C)C(N)c1noc(C2OCCC2C)n1. The van der Waals surface area contributed by atoms with Gasteiger partial charge in [-0.1, -0.05) is 25.9 Å². The molecule has 0 bridgehead atoms. The molecule has 0 saturated carbocycles. The van der Waals surface area contributed by atoms with Gasteiger partial charge in [0.2, 0.25) is 0 Å². The van der Waals surface area contributed by atoms with Crippen molar-refractivity contribution >= 4 is 0 Å². The quantitative estimate of drug-likeness (QED) is 0.849. The van der Waals surface area contributed by atoms with Crippen molar-refractivity contribution in [1.82, 2.24) is 10.1 Å². The van der Waals surface area contributed by atoms with Crippen molar-refractivity contribution in [2.24, 2.45) is 17.6 Å². The van der Waals surface area contributed by atoms with Gasteiger partial charge in [-0.05, 0) is 18.3 Å². The van der Waals surface area contributed by atoms with Crippen LogP contribution in [0, 0.1) is 11.8 Å². The number of rotatable bonds is 3. The van der Waals surface area contributed by atoms with Crippen molar-refractivity contribution in [3.05, 3.63) is 11.7 Å². The average Bonchev–Trinajstić information content (AvgIpc) is 2.84. The smallest absolute Gasteiger partial charge is 0.256 e. The molecule has 1 aromatic heterocycles. The maximum Gasteiger partial charge on any atom is 0.256 e. The summed E-state index contributed by atoms with van der Waals surface area (Å²) in [5.74, 6) is 1.87. The number of ether oxygens (including phenoxy) is 1. The molecule has 0 amide bonds. The molecule has 3 unspecified atom stereocenters. The zero-order chi connectivity index (χ0) is 11.7. The number of hydrogen-bond donors (Lipinski definition) is 1. The van der Waals surface area contributed by atoms with Crippen LogP contribution >= 0.6 is 0 Å². The number of nitrogens with two attached hydrogens (primary N) is 1. The summed E-state index contributed by atoms with van der Waals surface area (Å²) < 4.78 is 10.8. The Kier molecular flexibility index (Phi) is 3.25. The Hall–Kier alpha value is -0.940. The summed E-state index contributed by atoms with van der Waals surface area (Å²) in [5, 5.41) is 3.93. The fourth-order valence-corrected chi connectivity index (χ4v) is 1.81. The summed E-state index contributed by atoms with van der Waals surface area (Å²) in [5.41, 5.74) is 5.96. The van der Waals surface area contributed by atoms with Crippen LogP contribution in [0.1, 0.15) is 51.1 Å². The molecule has 2 heterocycles. The molecule has 0 spiro atoms. The second kappa shape index (κ2) is 4.51. The van der Waals surface area contributed by atoms with E-state index in [0.29, 0.717) is 23.6 Å². The molecule has 5 nitrogen and oxygen atoms in total. The molecule has 5 heteroatoms. The van der Waals surface area contributed by atoms with Crippen LogP contribution < -0.4 is 5.73 Å². The zero-order valence-corrected chi connectivity index (χ0v) is 10.0. The third-order valence-electron chi connectivity index (χ3n) is 3.10. The minimum Gasteiger partial charge on any atom is -0.368 e. The van der Waals surface area contributed by atoms with E-state index in [1.165, 1.54) is 0 Å². The standard InChI is InChI=1S/C11H19N3O2/c1-6(2)8(12)10-13-11(16-14-10)9-7(3)4-5-15-9/h6-9H,4-5,12H2,1-3H3. The lowest BCUT2D eigenvalue weighted by atomic mass is 10.0. The van der Waals surface area contributed by atoms with Crippen molar-refractivity contribution in [2.75, 3.05) is 6.61 Å². The summed E-state index contributed by atoms with van der Waals surface area (Å²) in [7, 11) is 0. The predicted molar refractivity (Wildman–Crippen MR) is 58.5 cm³/mol.